The van der Waals surface area contributed by atoms with Crippen LogP contribution < -0.4 is 15.3 Å². The summed E-state index contributed by atoms with van der Waals surface area (Å²) in [4.78, 5) is 24.4. The van der Waals surface area contributed by atoms with Crippen LogP contribution in [0.15, 0.2) is 55.1 Å². The lowest BCUT2D eigenvalue weighted by molar-refractivity contribution is -0.191. The third-order valence-electron chi connectivity index (χ3n) is 6.97. The molecule has 14 nitrogen and oxygen atoms in total. The predicted molar refractivity (Wildman–Crippen MR) is 153 cm³/mol. The Morgan fingerprint density at radius 1 is 1.16 bits per heavy atom. The van der Waals surface area contributed by atoms with Crippen molar-refractivity contribution in [3.8, 4) is 5.75 Å². The highest BCUT2D eigenvalue weighted by Gasteiger charge is 2.61. The second-order valence-electron chi connectivity index (χ2n) is 10.5. The van der Waals surface area contributed by atoms with E-state index in [4.69, 9.17) is 24.3 Å². The van der Waals surface area contributed by atoms with Crippen molar-refractivity contribution in [2.45, 2.75) is 63.4 Å². The zero-order valence-corrected chi connectivity index (χ0v) is 24.7. The molecule has 5 rings (SSSR count). The lowest BCUT2D eigenvalue weighted by atomic mass is 9.96. The minimum atomic E-state index is -4.72. The maximum atomic E-state index is 14.8. The topological polar surface area (TPSA) is 193 Å². The smallest absolute Gasteiger partial charge is 0.459 e. The number of aliphatic hydroxyl groups is 2. The van der Waals surface area contributed by atoms with Crippen molar-refractivity contribution >= 4 is 41.5 Å². The van der Waals surface area contributed by atoms with Crippen LogP contribution in [0.25, 0.3) is 21.9 Å². The molecular weight excluding hydrogens is 605 g/mol. The average Bonchev–Trinajstić information content (AvgIpc) is 3.52. The number of benzene rings is 2. The first-order valence-electron chi connectivity index (χ1n) is 13.5. The van der Waals surface area contributed by atoms with Crippen LogP contribution in [-0.4, -0.2) is 78.7 Å². The molecular formula is C27H31F2N6O8P. The highest BCUT2D eigenvalue weighted by atomic mass is 31.2. The maximum Gasteiger partial charge on any atom is 0.459 e. The summed E-state index contributed by atoms with van der Waals surface area (Å²) in [6.45, 7) is 3.31. The molecule has 0 saturated carbocycles. The summed E-state index contributed by atoms with van der Waals surface area (Å²) in [5.74, 6) is -0.759. The number of ether oxygens (including phenoxy) is 2. The monoisotopic (exact) mass is 636 g/mol. The summed E-state index contributed by atoms with van der Waals surface area (Å²) in [5.41, 5.74) is 3.05. The number of fused-ring (bicyclic) bond motifs is 2. The van der Waals surface area contributed by atoms with Crippen molar-refractivity contribution in [3.05, 3.63) is 55.1 Å². The van der Waals surface area contributed by atoms with E-state index >= 15 is 0 Å². The number of nitrogens with one attached hydrogen (secondary N) is 1. The van der Waals surface area contributed by atoms with Crippen molar-refractivity contribution in [2.75, 3.05) is 12.3 Å². The van der Waals surface area contributed by atoms with Crippen LogP contribution in [0.2, 0.25) is 0 Å². The van der Waals surface area contributed by atoms with Gasteiger partial charge in [-0.25, -0.2) is 28.3 Å². The Bertz CT molecular complexity index is 1700. The fourth-order valence-electron chi connectivity index (χ4n) is 4.75. The van der Waals surface area contributed by atoms with Crippen LogP contribution >= 0.6 is 7.75 Å². The molecule has 1 unspecified atom stereocenters. The van der Waals surface area contributed by atoms with E-state index < -0.39 is 62.9 Å². The van der Waals surface area contributed by atoms with Gasteiger partial charge < -0.3 is 29.9 Å². The Kier molecular flexibility index (Phi) is 8.84. The number of hydrogen-bond acceptors (Lipinski definition) is 12. The van der Waals surface area contributed by atoms with Gasteiger partial charge in [-0.15, -0.1) is 0 Å². The molecule has 1 fully saturated rings. The second-order valence-corrected chi connectivity index (χ2v) is 12.2. The number of nitrogens with zero attached hydrogens (tertiary/aromatic N) is 4. The van der Waals surface area contributed by atoms with Crippen LogP contribution in [0.5, 0.6) is 5.75 Å². The first-order valence-corrected chi connectivity index (χ1v) is 15.0. The van der Waals surface area contributed by atoms with Crippen LogP contribution in [-0.2, 0) is 23.4 Å². The van der Waals surface area contributed by atoms with E-state index in [0.29, 0.717) is 10.8 Å². The van der Waals surface area contributed by atoms with Crippen LogP contribution in [0.3, 0.4) is 0 Å². The normalized spacial score (nSPS) is 24.2. The molecule has 0 spiro atoms. The number of carbonyl (C=O) groups excluding carboxylic acids is 1. The predicted octanol–water partition coefficient (Wildman–Crippen LogP) is 2.95. The standard InChI is InChI=1S/C27H31F2N6O8P/c1-14(2)41-25(38)15(3)34-44(39,43-18-10-6-8-16-7-4-5-9-17(16)18)40-11-27(26(28)29)21(37)20(36)24(42-27)35-13-33-19-22(30)31-12-32-23(19)35/h4-10,12-15,20-21,24,26,36-37H,11H2,1-3H3,(H,34,39)(H2,30,31,32)/t15-,20+,21-,24+,27+,44?/m0/s1. The van der Waals surface area contributed by atoms with Gasteiger partial charge in [-0.3, -0.25) is 13.9 Å². The number of hydrogen-bond donors (Lipinski definition) is 4. The highest BCUT2D eigenvalue weighted by molar-refractivity contribution is 7.52. The zero-order chi connectivity index (χ0) is 31.8. The molecule has 2 aromatic carbocycles. The molecule has 3 heterocycles. The number of aliphatic hydroxyl groups excluding tert-OH is 2. The molecule has 2 aromatic heterocycles. The Labute approximate surface area is 249 Å². The van der Waals surface area contributed by atoms with Gasteiger partial charge in [0.1, 0.15) is 35.8 Å². The number of nitrogen functional groups attached to an aromatic ring is 1. The van der Waals surface area contributed by atoms with Gasteiger partial charge in [0.2, 0.25) is 0 Å². The number of nitrogens with two attached hydrogens (primary N) is 1. The van der Waals surface area contributed by atoms with Gasteiger partial charge in [-0.05, 0) is 32.2 Å². The van der Waals surface area contributed by atoms with E-state index in [-0.39, 0.29) is 22.7 Å². The molecule has 6 atom stereocenters. The molecule has 17 heteroatoms. The molecule has 236 valence electrons. The molecule has 44 heavy (non-hydrogen) atoms. The quantitative estimate of drug-likeness (QED) is 0.139. The number of halogens is 2. The lowest BCUT2D eigenvalue weighted by Gasteiger charge is -2.32. The Morgan fingerprint density at radius 2 is 1.89 bits per heavy atom. The number of imidazole rings is 1. The fourth-order valence-corrected chi connectivity index (χ4v) is 6.30. The Morgan fingerprint density at radius 3 is 2.61 bits per heavy atom. The van der Waals surface area contributed by atoms with E-state index in [0.717, 1.165) is 17.2 Å². The van der Waals surface area contributed by atoms with Gasteiger partial charge in [-0.1, -0.05) is 36.4 Å². The average molecular weight is 637 g/mol. The minimum absolute atomic E-state index is 0.00653. The van der Waals surface area contributed by atoms with Crippen LogP contribution in [0, 0.1) is 0 Å². The van der Waals surface area contributed by atoms with Crippen LogP contribution in [0.4, 0.5) is 14.6 Å². The summed E-state index contributed by atoms with van der Waals surface area (Å²) < 4.78 is 66.9. The number of anilines is 1. The van der Waals surface area contributed by atoms with E-state index in [1.165, 1.54) is 13.0 Å². The molecule has 1 aliphatic rings. The Balaban J connectivity index is 1.47. The Hall–Kier alpha value is -3.79. The van der Waals surface area contributed by atoms with Crippen LogP contribution in [0.1, 0.15) is 27.0 Å². The second kappa shape index (κ2) is 12.3. The number of alkyl halides is 2. The number of esters is 1. The summed E-state index contributed by atoms with van der Waals surface area (Å²) >= 11 is 0. The van der Waals surface area contributed by atoms with Gasteiger partial charge in [-0.2, -0.15) is 5.09 Å². The SMILES string of the molecule is CC(C)OC(=O)[C@H](C)NP(=O)(OC[C@@]1(C(F)F)O[C@@H](n2cnc3c(N)ncnc32)[C@H](O)[C@@H]1O)Oc1cccc2ccccc12. The molecule has 5 N–H and O–H groups in total. The van der Waals surface area contributed by atoms with Gasteiger partial charge >= 0.3 is 13.7 Å². The third kappa shape index (κ3) is 5.96. The number of carbonyl (C=O) groups is 1. The summed E-state index contributed by atoms with van der Waals surface area (Å²) in [6.07, 6.45) is -7.56. The van der Waals surface area contributed by atoms with Crippen molar-refractivity contribution in [3.63, 3.8) is 0 Å². The first-order chi connectivity index (χ1) is 20.8. The van der Waals surface area contributed by atoms with E-state index in [9.17, 15) is 28.4 Å². The van der Waals surface area contributed by atoms with Gasteiger partial charge in [0, 0.05) is 5.39 Å². The fraction of sp³-hybridized carbons (Fsp3) is 0.407. The van der Waals surface area contributed by atoms with E-state index in [1.807, 2.05) is 0 Å². The zero-order valence-electron chi connectivity index (χ0n) is 23.8. The molecule has 4 aromatic rings. The molecule has 0 amide bonds. The summed E-state index contributed by atoms with van der Waals surface area (Å²) in [7, 11) is -4.72. The summed E-state index contributed by atoms with van der Waals surface area (Å²) in [5, 5.41) is 25.4. The largest absolute Gasteiger partial charge is 0.462 e. The van der Waals surface area contributed by atoms with E-state index in [2.05, 4.69) is 20.0 Å². The molecule has 0 bridgehead atoms. The van der Waals surface area contributed by atoms with Gasteiger partial charge in [0.25, 0.3) is 6.43 Å². The third-order valence-corrected chi connectivity index (χ3v) is 8.58. The maximum absolute atomic E-state index is 14.8. The lowest BCUT2D eigenvalue weighted by Crippen LogP contribution is -2.53. The molecule has 1 saturated heterocycles. The van der Waals surface area contributed by atoms with Gasteiger partial charge in [0.15, 0.2) is 23.3 Å². The van der Waals surface area contributed by atoms with Crippen molar-refractivity contribution in [2.24, 2.45) is 0 Å². The summed E-state index contributed by atoms with van der Waals surface area (Å²) in [6, 6.07) is 10.6. The van der Waals surface area contributed by atoms with Crippen molar-refractivity contribution < 1.29 is 46.9 Å². The van der Waals surface area contributed by atoms with Crippen molar-refractivity contribution in [1.29, 1.82) is 0 Å². The number of aromatic nitrogens is 4. The molecule has 0 aliphatic carbocycles. The number of rotatable bonds is 11. The minimum Gasteiger partial charge on any atom is -0.462 e. The highest BCUT2D eigenvalue weighted by Crippen LogP contribution is 2.50. The first kappa shape index (κ1) is 31.6. The molecule has 0 radical (unpaired) electrons. The molecule has 1 aliphatic heterocycles. The van der Waals surface area contributed by atoms with Crippen molar-refractivity contribution in [1.82, 2.24) is 24.6 Å². The van der Waals surface area contributed by atoms with E-state index in [1.54, 1.807) is 50.2 Å². The van der Waals surface area contributed by atoms with Gasteiger partial charge in [0.05, 0.1) is 19.0 Å².